The zero-order valence-electron chi connectivity index (χ0n) is 11.0. The highest BCUT2D eigenvalue weighted by molar-refractivity contribution is 7.80. The van der Waals surface area contributed by atoms with Gasteiger partial charge < -0.3 is 4.90 Å². The molecule has 0 aromatic heterocycles. The first-order chi connectivity index (χ1) is 9.33. The SMILES string of the molecule is CCCN1C(=S)c2ccccc2[C@H]1c1ccccc1. The lowest BCUT2D eigenvalue weighted by atomic mass is 9.98. The summed E-state index contributed by atoms with van der Waals surface area (Å²) in [6.45, 7) is 3.21. The Bertz CT molecular complexity index is 591. The molecule has 2 aromatic carbocycles. The van der Waals surface area contributed by atoms with E-state index in [2.05, 4.69) is 66.4 Å². The molecular formula is C17H17NS. The van der Waals surface area contributed by atoms with E-state index in [1.807, 2.05) is 0 Å². The maximum Gasteiger partial charge on any atom is 0.110 e. The van der Waals surface area contributed by atoms with E-state index in [1.54, 1.807) is 0 Å². The van der Waals surface area contributed by atoms with Crippen molar-refractivity contribution in [3.63, 3.8) is 0 Å². The highest BCUT2D eigenvalue weighted by Gasteiger charge is 2.33. The Labute approximate surface area is 119 Å². The van der Waals surface area contributed by atoms with Crippen molar-refractivity contribution in [2.24, 2.45) is 0 Å². The van der Waals surface area contributed by atoms with Crippen LogP contribution in [0.25, 0.3) is 0 Å². The Morgan fingerprint density at radius 1 is 1.00 bits per heavy atom. The number of fused-ring (bicyclic) bond motifs is 1. The molecule has 19 heavy (non-hydrogen) atoms. The molecule has 0 fully saturated rings. The molecule has 1 aliphatic rings. The molecular weight excluding hydrogens is 250 g/mol. The van der Waals surface area contributed by atoms with Crippen LogP contribution in [0.4, 0.5) is 0 Å². The summed E-state index contributed by atoms with van der Waals surface area (Å²) in [5.41, 5.74) is 3.88. The minimum absolute atomic E-state index is 0.282. The first kappa shape index (κ1) is 12.4. The maximum absolute atomic E-state index is 5.66. The average Bonchev–Trinajstić information content (AvgIpc) is 2.74. The second-order valence-electron chi connectivity index (χ2n) is 4.90. The Morgan fingerprint density at radius 3 is 2.42 bits per heavy atom. The summed E-state index contributed by atoms with van der Waals surface area (Å²) < 4.78 is 0. The lowest BCUT2D eigenvalue weighted by molar-refractivity contribution is 0.379. The molecule has 1 atom stereocenters. The van der Waals surface area contributed by atoms with E-state index < -0.39 is 0 Å². The molecule has 1 nitrogen and oxygen atoms in total. The van der Waals surface area contributed by atoms with Crippen molar-refractivity contribution < 1.29 is 0 Å². The molecule has 0 spiro atoms. The Morgan fingerprint density at radius 2 is 1.68 bits per heavy atom. The molecule has 0 amide bonds. The van der Waals surface area contributed by atoms with Crippen LogP contribution in [-0.4, -0.2) is 16.4 Å². The number of thiocarbonyl (C=S) groups is 1. The fourth-order valence-corrected chi connectivity index (χ4v) is 3.22. The summed E-state index contributed by atoms with van der Waals surface area (Å²) in [6.07, 6.45) is 1.11. The van der Waals surface area contributed by atoms with Crippen LogP contribution in [0.3, 0.4) is 0 Å². The molecule has 1 aliphatic heterocycles. The van der Waals surface area contributed by atoms with E-state index in [4.69, 9.17) is 12.2 Å². The van der Waals surface area contributed by atoms with Crippen molar-refractivity contribution >= 4 is 17.2 Å². The molecule has 0 radical (unpaired) electrons. The number of nitrogens with zero attached hydrogens (tertiary/aromatic N) is 1. The third kappa shape index (κ3) is 2.06. The van der Waals surface area contributed by atoms with E-state index in [1.165, 1.54) is 16.7 Å². The maximum atomic E-state index is 5.66. The highest BCUT2D eigenvalue weighted by Crippen LogP contribution is 2.38. The molecule has 1 heterocycles. The second kappa shape index (κ2) is 5.14. The van der Waals surface area contributed by atoms with Crippen LogP contribution in [0.2, 0.25) is 0 Å². The van der Waals surface area contributed by atoms with Gasteiger partial charge in [0.1, 0.15) is 4.99 Å². The van der Waals surface area contributed by atoms with Gasteiger partial charge in [0, 0.05) is 12.1 Å². The zero-order valence-corrected chi connectivity index (χ0v) is 11.9. The minimum atomic E-state index is 0.282. The number of hydrogen-bond donors (Lipinski definition) is 0. The molecule has 0 unspecified atom stereocenters. The Hall–Kier alpha value is -1.67. The lowest BCUT2D eigenvalue weighted by Crippen LogP contribution is -2.28. The molecule has 2 heteroatoms. The molecule has 0 saturated heterocycles. The van der Waals surface area contributed by atoms with Crippen LogP contribution >= 0.6 is 12.2 Å². The van der Waals surface area contributed by atoms with E-state index in [-0.39, 0.29) is 6.04 Å². The normalized spacial score (nSPS) is 17.6. The predicted octanol–water partition coefficient (Wildman–Crippen LogP) is 4.18. The van der Waals surface area contributed by atoms with E-state index >= 15 is 0 Å². The van der Waals surface area contributed by atoms with Gasteiger partial charge in [-0.1, -0.05) is 73.7 Å². The van der Waals surface area contributed by atoms with Crippen molar-refractivity contribution in [1.29, 1.82) is 0 Å². The first-order valence-electron chi connectivity index (χ1n) is 6.77. The third-order valence-electron chi connectivity index (χ3n) is 3.64. The largest absolute Gasteiger partial charge is 0.351 e. The summed E-state index contributed by atoms with van der Waals surface area (Å²) in [4.78, 5) is 3.35. The summed E-state index contributed by atoms with van der Waals surface area (Å²) in [5, 5.41) is 0. The number of hydrogen-bond acceptors (Lipinski definition) is 1. The van der Waals surface area contributed by atoms with Crippen LogP contribution in [0.5, 0.6) is 0 Å². The van der Waals surface area contributed by atoms with Gasteiger partial charge in [0.25, 0.3) is 0 Å². The average molecular weight is 267 g/mol. The number of rotatable bonds is 3. The van der Waals surface area contributed by atoms with Crippen LogP contribution in [0.15, 0.2) is 54.6 Å². The van der Waals surface area contributed by atoms with Crippen molar-refractivity contribution in [3.8, 4) is 0 Å². The van der Waals surface area contributed by atoms with Crippen molar-refractivity contribution in [2.45, 2.75) is 19.4 Å². The van der Waals surface area contributed by atoms with Crippen molar-refractivity contribution in [1.82, 2.24) is 4.90 Å². The predicted molar refractivity (Wildman–Crippen MR) is 83.4 cm³/mol. The van der Waals surface area contributed by atoms with Crippen LogP contribution in [0, 0.1) is 0 Å². The summed E-state index contributed by atoms with van der Waals surface area (Å²) >= 11 is 5.66. The lowest BCUT2D eigenvalue weighted by Gasteiger charge is -2.27. The van der Waals surface area contributed by atoms with Gasteiger partial charge in [-0.25, -0.2) is 0 Å². The van der Waals surface area contributed by atoms with E-state index in [9.17, 15) is 0 Å². The summed E-state index contributed by atoms with van der Waals surface area (Å²) in [6, 6.07) is 19.5. The van der Waals surface area contributed by atoms with Gasteiger partial charge in [-0.05, 0) is 17.5 Å². The third-order valence-corrected chi connectivity index (χ3v) is 4.09. The van der Waals surface area contributed by atoms with Crippen molar-refractivity contribution in [2.75, 3.05) is 6.54 Å². The van der Waals surface area contributed by atoms with E-state index in [0.29, 0.717) is 0 Å². The molecule has 96 valence electrons. The number of benzene rings is 2. The van der Waals surface area contributed by atoms with Gasteiger partial charge in [0.15, 0.2) is 0 Å². The topological polar surface area (TPSA) is 3.24 Å². The molecule has 0 saturated carbocycles. The molecule has 0 N–H and O–H groups in total. The zero-order chi connectivity index (χ0) is 13.2. The minimum Gasteiger partial charge on any atom is -0.351 e. The van der Waals surface area contributed by atoms with E-state index in [0.717, 1.165) is 18.0 Å². The van der Waals surface area contributed by atoms with Crippen LogP contribution < -0.4 is 0 Å². The quantitative estimate of drug-likeness (QED) is 0.768. The smallest absolute Gasteiger partial charge is 0.110 e. The van der Waals surface area contributed by atoms with Crippen molar-refractivity contribution in [3.05, 3.63) is 71.3 Å². The monoisotopic (exact) mass is 267 g/mol. The second-order valence-corrected chi connectivity index (χ2v) is 5.29. The molecule has 2 aromatic rings. The molecule has 0 bridgehead atoms. The van der Waals surface area contributed by atoms with Gasteiger partial charge >= 0.3 is 0 Å². The Kier molecular flexibility index (Phi) is 3.34. The van der Waals surface area contributed by atoms with Gasteiger partial charge in [0.2, 0.25) is 0 Å². The van der Waals surface area contributed by atoms with Crippen LogP contribution in [0.1, 0.15) is 36.1 Å². The van der Waals surface area contributed by atoms with Gasteiger partial charge in [-0.15, -0.1) is 0 Å². The fraction of sp³-hybridized carbons (Fsp3) is 0.235. The van der Waals surface area contributed by atoms with Gasteiger partial charge in [-0.3, -0.25) is 0 Å². The summed E-state index contributed by atoms with van der Waals surface area (Å²) in [5.74, 6) is 0. The van der Waals surface area contributed by atoms with Crippen LogP contribution in [-0.2, 0) is 0 Å². The van der Waals surface area contributed by atoms with Gasteiger partial charge in [-0.2, -0.15) is 0 Å². The molecule has 0 aliphatic carbocycles. The van der Waals surface area contributed by atoms with Gasteiger partial charge in [0.05, 0.1) is 6.04 Å². The first-order valence-corrected chi connectivity index (χ1v) is 7.18. The fourth-order valence-electron chi connectivity index (χ4n) is 2.84. The molecule has 3 rings (SSSR count). The summed E-state index contributed by atoms with van der Waals surface area (Å²) in [7, 11) is 0. The highest BCUT2D eigenvalue weighted by atomic mass is 32.1. The standard InChI is InChI=1S/C17H17NS/c1-2-12-18-16(13-8-4-3-5-9-13)14-10-6-7-11-15(14)17(18)19/h3-11,16H,2,12H2,1H3/t16-/m1/s1. The Balaban J connectivity index is 2.11.